The third kappa shape index (κ3) is 16.3. The van der Waals surface area contributed by atoms with Crippen LogP contribution in [0.4, 0.5) is 0 Å². The molecule has 3 unspecified atom stereocenters. The van der Waals surface area contributed by atoms with E-state index in [1.165, 1.54) is 0 Å². The monoisotopic (exact) mass is 810 g/mol. The van der Waals surface area contributed by atoms with Crippen LogP contribution in [0.3, 0.4) is 0 Å². The van der Waals surface area contributed by atoms with Crippen molar-refractivity contribution < 1.29 is 70.3 Å². The van der Waals surface area contributed by atoms with Crippen molar-refractivity contribution in [1.29, 1.82) is 0 Å². The molecular formula is C31H64Co2O9Si4. The molecule has 0 aromatic heterocycles. The van der Waals surface area contributed by atoms with E-state index >= 15 is 0 Å². The average molecular weight is 811 g/mol. The van der Waals surface area contributed by atoms with Gasteiger partial charge in [0.05, 0.1) is 0 Å². The Labute approximate surface area is 297 Å². The molecule has 3 atom stereocenters. The van der Waals surface area contributed by atoms with Crippen molar-refractivity contribution in [3.8, 4) is 0 Å². The molecule has 0 aromatic rings. The van der Waals surface area contributed by atoms with Crippen molar-refractivity contribution >= 4 is 45.7 Å². The first-order valence-electron chi connectivity index (χ1n) is 16.1. The number of carbonyl (C=O) groups excluding carboxylic acids is 2. The van der Waals surface area contributed by atoms with Crippen LogP contribution in [0.25, 0.3) is 0 Å². The molecule has 1 fully saturated rings. The van der Waals surface area contributed by atoms with Gasteiger partial charge in [0.15, 0.2) is 0 Å². The van der Waals surface area contributed by atoms with Gasteiger partial charge >= 0.3 is 299 Å². The Morgan fingerprint density at radius 3 is 1.67 bits per heavy atom. The van der Waals surface area contributed by atoms with E-state index in [-0.39, 0.29) is 36.7 Å². The molecule has 0 N–H and O–H groups in total. The Morgan fingerprint density at radius 2 is 1.26 bits per heavy atom. The minimum absolute atomic E-state index is 0.0208. The Balaban J connectivity index is 3.03. The Kier molecular flexibility index (Phi) is 16.7. The van der Waals surface area contributed by atoms with Crippen molar-refractivity contribution in [1.82, 2.24) is 0 Å². The molecule has 1 aliphatic heterocycles. The van der Waals surface area contributed by atoms with Crippen molar-refractivity contribution in [3.05, 3.63) is 12.3 Å². The number of allylic oxidation sites excluding steroid dienone is 1. The fraction of sp³-hybridized carbons (Fsp3) is 0.871. The number of hydrogen-bond donors (Lipinski definition) is 0. The molecule has 0 radical (unpaired) electrons. The number of methoxy groups -OCH3 is 1. The maximum atomic E-state index is 13.6. The van der Waals surface area contributed by atoms with Crippen LogP contribution in [0.5, 0.6) is 0 Å². The topological polar surface area (TPSA) is 102 Å². The number of esters is 2. The van der Waals surface area contributed by atoms with Crippen LogP contribution >= 0.6 is 0 Å². The summed E-state index contributed by atoms with van der Waals surface area (Å²) in [5, 5.41) is 1.09. The van der Waals surface area contributed by atoms with E-state index < -0.39 is 42.5 Å². The van der Waals surface area contributed by atoms with Gasteiger partial charge in [0.2, 0.25) is 0 Å². The van der Waals surface area contributed by atoms with Gasteiger partial charge in [-0.15, -0.1) is 0 Å². The maximum absolute atomic E-state index is 13.6. The molecule has 9 nitrogen and oxygen atoms in total. The zero-order valence-corrected chi connectivity index (χ0v) is 37.4. The summed E-state index contributed by atoms with van der Waals surface area (Å²) in [6.45, 7) is 34.6. The van der Waals surface area contributed by atoms with Crippen molar-refractivity contribution in [2.45, 2.75) is 138 Å². The molecule has 46 heavy (non-hydrogen) atoms. The van der Waals surface area contributed by atoms with Gasteiger partial charge in [-0.1, -0.05) is 0 Å². The first kappa shape index (κ1) is 44.2. The second-order valence-electron chi connectivity index (χ2n) is 15.8. The van der Waals surface area contributed by atoms with E-state index in [1.807, 2.05) is 20.8 Å². The molecule has 1 saturated heterocycles. The van der Waals surface area contributed by atoms with E-state index in [4.69, 9.17) is 31.3 Å². The average Bonchev–Trinajstić information content (AvgIpc) is 3.72. The molecule has 0 aliphatic carbocycles. The molecular weight excluding hydrogens is 747 g/mol. The third-order valence-electron chi connectivity index (χ3n) is 6.68. The number of carbonyl (C=O) groups is 2. The molecule has 15 heteroatoms. The summed E-state index contributed by atoms with van der Waals surface area (Å²) in [6, 6.07) is 0.606. The second kappa shape index (κ2) is 17.4. The van der Waals surface area contributed by atoms with Crippen LogP contribution < -0.4 is 0 Å². The second-order valence-corrected chi connectivity index (χ2v) is 36.5. The fourth-order valence-electron chi connectivity index (χ4n) is 3.95. The normalized spacial score (nSPS) is 18.9. The molecule has 0 spiro atoms. The molecule has 1 rings (SSSR count). The zero-order chi connectivity index (χ0) is 35.8. The summed E-state index contributed by atoms with van der Waals surface area (Å²) >= 11 is 1.77. The summed E-state index contributed by atoms with van der Waals surface area (Å²) in [5.41, 5.74) is -0.338. The number of ether oxygens (including phenoxy) is 4. The van der Waals surface area contributed by atoms with Crippen LogP contribution in [0, 0.1) is 5.41 Å². The van der Waals surface area contributed by atoms with Crippen molar-refractivity contribution in [2.75, 3.05) is 26.9 Å². The molecule has 276 valence electrons. The summed E-state index contributed by atoms with van der Waals surface area (Å²) in [7, 11) is -7.38. The van der Waals surface area contributed by atoms with E-state index in [9.17, 15) is 9.59 Å². The Morgan fingerprint density at radius 1 is 0.804 bits per heavy atom. The van der Waals surface area contributed by atoms with Gasteiger partial charge in [0, 0.05) is 0 Å². The molecule has 0 bridgehead atoms. The Bertz CT molecular complexity index is 982. The van der Waals surface area contributed by atoms with Crippen molar-refractivity contribution in [3.63, 3.8) is 0 Å². The quantitative estimate of drug-likeness (QED) is 0.0332. The van der Waals surface area contributed by atoms with E-state index in [2.05, 4.69) is 79.3 Å². The summed E-state index contributed by atoms with van der Waals surface area (Å²) in [6.07, 6.45) is 1.15. The van der Waals surface area contributed by atoms with Crippen LogP contribution in [-0.2, 0) is 70.3 Å². The first-order chi connectivity index (χ1) is 20.7. The van der Waals surface area contributed by atoms with Crippen molar-refractivity contribution in [2.24, 2.45) is 5.41 Å². The predicted molar refractivity (Wildman–Crippen MR) is 187 cm³/mol. The number of rotatable bonds is 23. The van der Waals surface area contributed by atoms with Gasteiger partial charge in [-0.2, -0.15) is 0 Å². The van der Waals surface area contributed by atoms with Gasteiger partial charge in [-0.05, 0) is 0 Å². The van der Waals surface area contributed by atoms with Gasteiger partial charge < -0.3 is 0 Å². The van der Waals surface area contributed by atoms with Crippen LogP contribution in [-0.4, -0.2) is 78.7 Å². The molecule has 0 saturated carbocycles. The van der Waals surface area contributed by atoms with Gasteiger partial charge in [0.1, 0.15) is 0 Å². The molecule has 1 heterocycles. The molecule has 1 aliphatic rings. The number of hydrogen-bond acceptors (Lipinski definition) is 9. The standard InChI is InChI=1S/C17H41O5Si4.C7H10O3.C7H13O.2Co/c1-12-16(2)17(18)19-14-13-15-26(20-23(3,4)5,21-24(6,7)8)22-25(9,10)11;1-5(2)7(8)10-4-6-3-9-6;1-6(8-5)7(2,3)4;;/h12-15H2,1-11H3;6H,1,3-4H2,2H3;1-2H2,3-5H3;;. The van der Waals surface area contributed by atoms with Gasteiger partial charge in [0.25, 0.3) is 0 Å². The third-order valence-corrected chi connectivity index (χ3v) is 23.6. The van der Waals surface area contributed by atoms with Gasteiger partial charge in [-0.25, -0.2) is 0 Å². The first-order valence-corrected chi connectivity index (χ1v) is 30.8. The fourth-order valence-corrected chi connectivity index (χ4v) is 22.0. The Hall–Kier alpha value is 0.201. The van der Waals surface area contributed by atoms with Crippen LogP contribution in [0.15, 0.2) is 12.3 Å². The van der Waals surface area contributed by atoms with E-state index in [1.54, 1.807) is 7.11 Å². The summed E-state index contributed by atoms with van der Waals surface area (Å²) in [4.78, 5) is 27.1. The van der Waals surface area contributed by atoms with Crippen LogP contribution in [0.1, 0.15) is 47.5 Å². The zero-order valence-electron chi connectivity index (χ0n) is 31.3. The molecule has 0 aromatic carbocycles. The minimum atomic E-state index is -3.01. The van der Waals surface area contributed by atoms with Crippen LogP contribution in [0.2, 0.25) is 84.4 Å². The predicted octanol–water partition coefficient (Wildman–Crippen LogP) is 8.31. The summed E-state index contributed by atoms with van der Waals surface area (Å²) in [5.74, 6) is 0.110. The van der Waals surface area contributed by atoms with E-state index in [0.717, 1.165) is 29.4 Å². The SMILES string of the molecule is C=C(OC)C(C)(C)[CH2][Co][C](C)([CH2][Co][C](C)(CC)C(=O)OCCC[Si](O[Si](C)(C)C)(O[Si](C)(C)C)O[Si](C)(C)C)C(=O)OCC1CO1. The molecule has 0 amide bonds. The van der Waals surface area contributed by atoms with Gasteiger partial charge in [-0.3, -0.25) is 0 Å². The number of epoxide rings is 1. The van der Waals surface area contributed by atoms with E-state index in [0.29, 0.717) is 42.0 Å². The summed E-state index contributed by atoms with van der Waals surface area (Å²) < 4.78 is 41.0.